The first kappa shape index (κ1) is 15.3. The van der Waals surface area contributed by atoms with E-state index in [1.807, 2.05) is 6.07 Å². The van der Waals surface area contributed by atoms with Gasteiger partial charge in [-0.2, -0.15) is 0 Å². The maximum absolute atomic E-state index is 6.13. The molecule has 2 aliphatic heterocycles. The number of hydrogen-bond acceptors (Lipinski definition) is 3. The minimum atomic E-state index is 0.529. The van der Waals surface area contributed by atoms with Gasteiger partial charge in [-0.25, -0.2) is 0 Å². The molecule has 0 bridgehead atoms. The minimum absolute atomic E-state index is 0.529. The molecule has 0 aromatic heterocycles. The van der Waals surface area contributed by atoms with Crippen molar-refractivity contribution in [3.05, 3.63) is 22.2 Å². The Kier molecular flexibility index (Phi) is 4.82. The number of halogens is 2. The van der Waals surface area contributed by atoms with Crippen molar-refractivity contribution >= 4 is 34.6 Å². The second-order valence-electron chi connectivity index (χ2n) is 6.26. The van der Waals surface area contributed by atoms with Crippen LogP contribution in [0.1, 0.15) is 25.7 Å². The summed E-state index contributed by atoms with van der Waals surface area (Å²) in [5.74, 6) is 0.823. The van der Waals surface area contributed by atoms with Crippen molar-refractivity contribution in [2.24, 2.45) is 5.92 Å². The highest BCUT2D eigenvalue weighted by Gasteiger charge is 2.24. The van der Waals surface area contributed by atoms with Gasteiger partial charge in [0.2, 0.25) is 0 Å². The summed E-state index contributed by atoms with van der Waals surface area (Å²) in [6.45, 7) is 5.96. The molecule has 3 nitrogen and oxygen atoms in total. The Bertz CT molecular complexity index is 493. The molecule has 5 heteroatoms. The molecule has 1 aromatic rings. The molecular formula is C16H23Cl2N3. The molecule has 0 unspecified atom stereocenters. The summed E-state index contributed by atoms with van der Waals surface area (Å²) in [6, 6.07) is 3.66. The van der Waals surface area contributed by atoms with Gasteiger partial charge in [-0.05, 0) is 56.8 Å². The van der Waals surface area contributed by atoms with Crippen LogP contribution in [0.2, 0.25) is 10.0 Å². The first-order valence-electron chi connectivity index (χ1n) is 7.85. The lowest BCUT2D eigenvalue weighted by molar-refractivity contribution is 0.249. The van der Waals surface area contributed by atoms with E-state index in [1.54, 1.807) is 6.07 Å². The van der Waals surface area contributed by atoms with E-state index in [0.29, 0.717) is 10.0 Å². The Morgan fingerprint density at radius 2 is 1.62 bits per heavy atom. The molecule has 0 amide bonds. The van der Waals surface area contributed by atoms with E-state index in [9.17, 15) is 0 Å². The fourth-order valence-electron chi connectivity index (χ4n) is 3.51. The largest absolute Gasteiger partial charge is 0.397 e. The molecule has 2 heterocycles. The molecule has 0 saturated carbocycles. The number of nitrogens with two attached hydrogens (primary N) is 1. The topological polar surface area (TPSA) is 32.5 Å². The third-order valence-electron chi connectivity index (χ3n) is 4.74. The van der Waals surface area contributed by atoms with Crippen molar-refractivity contribution in [1.82, 2.24) is 4.90 Å². The van der Waals surface area contributed by atoms with E-state index >= 15 is 0 Å². The van der Waals surface area contributed by atoms with Crippen molar-refractivity contribution in [2.75, 3.05) is 43.4 Å². The van der Waals surface area contributed by atoms with E-state index in [4.69, 9.17) is 28.9 Å². The van der Waals surface area contributed by atoms with Crippen molar-refractivity contribution in [3.8, 4) is 0 Å². The van der Waals surface area contributed by atoms with Crippen LogP contribution in [-0.4, -0.2) is 37.6 Å². The van der Waals surface area contributed by atoms with Crippen LogP contribution in [0.4, 0.5) is 11.4 Å². The smallest absolute Gasteiger partial charge is 0.0615 e. The lowest BCUT2D eigenvalue weighted by Gasteiger charge is -2.36. The minimum Gasteiger partial charge on any atom is -0.397 e. The predicted molar refractivity (Wildman–Crippen MR) is 91.5 cm³/mol. The predicted octanol–water partition coefficient (Wildman–Crippen LogP) is 3.89. The fraction of sp³-hybridized carbons (Fsp3) is 0.625. The number of anilines is 2. The monoisotopic (exact) mass is 327 g/mol. The van der Waals surface area contributed by atoms with Crippen LogP contribution in [0.5, 0.6) is 0 Å². The second kappa shape index (κ2) is 6.64. The van der Waals surface area contributed by atoms with Gasteiger partial charge in [0.05, 0.1) is 21.4 Å². The maximum atomic E-state index is 6.13. The zero-order valence-electron chi connectivity index (χ0n) is 12.3. The second-order valence-corrected chi connectivity index (χ2v) is 7.08. The molecule has 3 rings (SSSR count). The van der Waals surface area contributed by atoms with Crippen LogP contribution < -0.4 is 10.6 Å². The molecule has 2 fully saturated rings. The molecule has 0 aliphatic carbocycles. The van der Waals surface area contributed by atoms with Gasteiger partial charge in [-0.15, -0.1) is 0 Å². The Labute approximate surface area is 137 Å². The summed E-state index contributed by atoms with van der Waals surface area (Å²) in [5, 5.41) is 1.11. The van der Waals surface area contributed by atoms with Crippen LogP contribution in [0.25, 0.3) is 0 Å². The molecule has 2 aliphatic rings. The maximum Gasteiger partial charge on any atom is 0.0615 e. The van der Waals surface area contributed by atoms with E-state index in [1.165, 1.54) is 45.3 Å². The average Bonchev–Trinajstić information content (AvgIpc) is 2.97. The number of hydrogen-bond donors (Lipinski definition) is 1. The van der Waals surface area contributed by atoms with Crippen LogP contribution in [0.15, 0.2) is 12.1 Å². The van der Waals surface area contributed by atoms with E-state index in [-0.39, 0.29) is 0 Å². The van der Waals surface area contributed by atoms with E-state index in [2.05, 4.69) is 9.80 Å². The SMILES string of the molecule is Nc1cc(Cl)c(Cl)cc1N1CCC(CN2CCCC2)CC1. The van der Waals surface area contributed by atoms with Crippen molar-refractivity contribution in [3.63, 3.8) is 0 Å². The summed E-state index contributed by atoms with van der Waals surface area (Å²) in [6.07, 6.45) is 5.21. The summed E-state index contributed by atoms with van der Waals surface area (Å²) in [7, 11) is 0. The lowest BCUT2D eigenvalue weighted by Crippen LogP contribution is -2.38. The Hall–Kier alpha value is -0.640. The molecule has 21 heavy (non-hydrogen) atoms. The van der Waals surface area contributed by atoms with Gasteiger partial charge in [-0.1, -0.05) is 23.2 Å². The van der Waals surface area contributed by atoms with Crippen LogP contribution >= 0.6 is 23.2 Å². The number of likely N-dealkylation sites (tertiary alicyclic amines) is 1. The van der Waals surface area contributed by atoms with Gasteiger partial charge >= 0.3 is 0 Å². The van der Waals surface area contributed by atoms with Gasteiger partial charge in [0.25, 0.3) is 0 Å². The summed E-state index contributed by atoms with van der Waals surface area (Å²) in [4.78, 5) is 4.96. The summed E-state index contributed by atoms with van der Waals surface area (Å²) in [5.41, 5.74) is 7.85. The van der Waals surface area contributed by atoms with Gasteiger partial charge in [0.1, 0.15) is 0 Å². The number of nitrogen functional groups attached to an aromatic ring is 1. The average molecular weight is 328 g/mol. The third-order valence-corrected chi connectivity index (χ3v) is 5.46. The zero-order valence-corrected chi connectivity index (χ0v) is 13.8. The third kappa shape index (κ3) is 3.58. The van der Waals surface area contributed by atoms with Gasteiger partial charge < -0.3 is 15.5 Å². The van der Waals surface area contributed by atoms with Crippen molar-refractivity contribution < 1.29 is 0 Å². The van der Waals surface area contributed by atoms with Gasteiger partial charge in [0, 0.05) is 19.6 Å². The zero-order chi connectivity index (χ0) is 14.8. The molecule has 0 atom stereocenters. The Morgan fingerprint density at radius 1 is 1.00 bits per heavy atom. The highest BCUT2D eigenvalue weighted by atomic mass is 35.5. The van der Waals surface area contributed by atoms with Crippen LogP contribution in [0, 0.1) is 5.92 Å². The Balaban J connectivity index is 1.59. The molecule has 2 saturated heterocycles. The van der Waals surface area contributed by atoms with Gasteiger partial charge in [-0.3, -0.25) is 0 Å². The highest BCUT2D eigenvalue weighted by molar-refractivity contribution is 6.42. The first-order chi connectivity index (χ1) is 10.1. The first-order valence-corrected chi connectivity index (χ1v) is 8.61. The lowest BCUT2D eigenvalue weighted by atomic mass is 9.95. The summed E-state index contributed by atoms with van der Waals surface area (Å²) < 4.78 is 0. The van der Waals surface area contributed by atoms with Crippen LogP contribution in [0.3, 0.4) is 0 Å². The van der Waals surface area contributed by atoms with Crippen molar-refractivity contribution in [1.29, 1.82) is 0 Å². The number of nitrogens with zero attached hydrogens (tertiary/aromatic N) is 2. The normalized spacial score (nSPS) is 21.1. The van der Waals surface area contributed by atoms with Gasteiger partial charge in [0.15, 0.2) is 0 Å². The standard InChI is InChI=1S/C16H23Cl2N3/c17-13-9-15(19)16(10-14(13)18)21-7-3-12(4-8-21)11-20-5-1-2-6-20/h9-10,12H,1-8,11,19H2. The number of rotatable bonds is 3. The quantitative estimate of drug-likeness (QED) is 0.855. The van der Waals surface area contributed by atoms with E-state index in [0.717, 1.165) is 30.4 Å². The van der Waals surface area contributed by atoms with E-state index < -0.39 is 0 Å². The Morgan fingerprint density at radius 3 is 2.29 bits per heavy atom. The highest BCUT2D eigenvalue weighted by Crippen LogP contribution is 2.35. The molecule has 0 spiro atoms. The molecule has 2 N–H and O–H groups in total. The number of piperidine rings is 1. The molecular weight excluding hydrogens is 305 g/mol. The summed E-state index contributed by atoms with van der Waals surface area (Å²) >= 11 is 12.1. The van der Waals surface area contributed by atoms with Crippen molar-refractivity contribution in [2.45, 2.75) is 25.7 Å². The molecule has 0 radical (unpaired) electrons. The number of benzene rings is 1. The van der Waals surface area contributed by atoms with Crippen LogP contribution in [-0.2, 0) is 0 Å². The molecule has 1 aromatic carbocycles. The fourth-order valence-corrected chi connectivity index (χ4v) is 3.84. The molecule has 116 valence electrons.